The van der Waals surface area contributed by atoms with E-state index in [0.29, 0.717) is 5.56 Å². The lowest BCUT2D eigenvalue weighted by atomic mass is 9.99. The van der Waals surface area contributed by atoms with Crippen LogP contribution in [-0.2, 0) is 17.6 Å². The summed E-state index contributed by atoms with van der Waals surface area (Å²) in [7, 11) is 0. The first-order valence-corrected chi connectivity index (χ1v) is 10.3. The molecule has 3 aromatic rings. The summed E-state index contributed by atoms with van der Waals surface area (Å²) in [5.74, 6) is -0.498. The number of hydrogen-bond donors (Lipinski definition) is 2. The lowest BCUT2D eigenvalue weighted by molar-refractivity contribution is -0.115. The van der Waals surface area contributed by atoms with Crippen LogP contribution in [0.2, 0.25) is 0 Å². The largest absolute Gasteiger partial charge is 0.343 e. The standard InChI is InChI=1S/C24H23BrN2O2/c1-17-15-20(25)13-14-22(17)27-23(28)16-26-24(29)21-10-6-5-9-19(21)12-11-18-7-3-2-4-8-18/h2-10,13-15H,11-12,16H2,1H3,(H,26,29)(H,27,28). The minimum atomic E-state index is -0.259. The van der Waals surface area contributed by atoms with Gasteiger partial charge in [0.25, 0.3) is 5.91 Å². The van der Waals surface area contributed by atoms with Crippen LogP contribution in [0, 0.1) is 6.92 Å². The summed E-state index contributed by atoms with van der Waals surface area (Å²) in [6.45, 7) is 1.84. The summed E-state index contributed by atoms with van der Waals surface area (Å²) in [6, 6.07) is 23.3. The molecule has 4 nitrogen and oxygen atoms in total. The zero-order valence-corrected chi connectivity index (χ0v) is 17.8. The van der Waals surface area contributed by atoms with Crippen molar-refractivity contribution in [1.29, 1.82) is 0 Å². The maximum atomic E-state index is 12.6. The average Bonchev–Trinajstić information content (AvgIpc) is 2.73. The van der Waals surface area contributed by atoms with E-state index in [4.69, 9.17) is 0 Å². The van der Waals surface area contributed by atoms with E-state index in [1.54, 1.807) is 6.07 Å². The SMILES string of the molecule is Cc1cc(Br)ccc1NC(=O)CNC(=O)c1ccccc1CCc1ccccc1. The number of aryl methyl sites for hydroxylation is 3. The molecule has 0 saturated heterocycles. The molecule has 5 heteroatoms. The van der Waals surface area contributed by atoms with Gasteiger partial charge in [-0.1, -0.05) is 64.5 Å². The van der Waals surface area contributed by atoms with E-state index >= 15 is 0 Å². The number of carbonyl (C=O) groups is 2. The molecule has 2 N–H and O–H groups in total. The summed E-state index contributed by atoms with van der Waals surface area (Å²) in [5.41, 5.74) is 4.49. The molecule has 148 valence electrons. The highest BCUT2D eigenvalue weighted by Gasteiger charge is 2.13. The Kier molecular flexibility index (Phi) is 7.19. The second-order valence-electron chi connectivity index (χ2n) is 6.83. The van der Waals surface area contributed by atoms with E-state index in [1.807, 2.05) is 61.5 Å². The Morgan fingerprint density at radius 1 is 0.897 bits per heavy atom. The van der Waals surface area contributed by atoms with Gasteiger partial charge in [-0.25, -0.2) is 0 Å². The van der Waals surface area contributed by atoms with Crippen LogP contribution in [-0.4, -0.2) is 18.4 Å². The Hall–Kier alpha value is -2.92. The first-order chi connectivity index (χ1) is 14.0. The van der Waals surface area contributed by atoms with E-state index in [-0.39, 0.29) is 18.4 Å². The van der Waals surface area contributed by atoms with Gasteiger partial charge in [-0.3, -0.25) is 9.59 Å². The maximum Gasteiger partial charge on any atom is 0.251 e. The van der Waals surface area contributed by atoms with E-state index in [1.165, 1.54) is 5.56 Å². The van der Waals surface area contributed by atoms with Crippen molar-refractivity contribution in [3.8, 4) is 0 Å². The van der Waals surface area contributed by atoms with E-state index in [9.17, 15) is 9.59 Å². The van der Waals surface area contributed by atoms with Crippen molar-refractivity contribution in [2.75, 3.05) is 11.9 Å². The van der Waals surface area contributed by atoms with Crippen LogP contribution in [0.15, 0.2) is 77.3 Å². The summed E-state index contributed by atoms with van der Waals surface area (Å²) >= 11 is 3.40. The smallest absolute Gasteiger partial charge is 0.251 e. The molecule has 3 aromatic carbocycles. The highest BCUT2D eigenvalue weighted by atomic mass is 79.9. The number of carbonyl (C=O) groups excluding carboxylic acids is 2. The molecular weight excluding hydrogens is 428 g/mol. The van der Waals surface area contributed by atoms with Crippen molar-refractivity contribution < 1.29 is 9.59 Å². The van der Waals surface area contributed by atoms with Crippen molar-refractivity contribution in [1.82, 2.24) is 5.32 Å². The van der Waals surface area contributed by atoms with Crippen LogP contribution in [0.25, 0.3) is 0 Å². The number of hydrogen-bond acceptors (Lipinski definition) is 2. The molecule has 29 heavy (non-hydrogen) atoms. The topological polar surface area (TPSA) is 58.2 Å². The normalized spacial score (nSPS) is 10.4. The molecule has 0 fully saturated rings. The molecule has 0 aromatic heterocycles. The Morgan fingerprint density at radius 3 is 2.38 bits per heavy atom. The number of amides is 2. The number of halogens is 1. The van der Waals surface area contributed by atoms with Crippen molar-refractivity contribution in [2.24, 2.45) is 0 Å². The summed E-state index contributed by atoms with van der Waals surface area (Å²) in [5, 5.41) is 5.56. The third-order valence-corrected chi connectivity index (χ3v) is 5.15. The third-order valence-electron chi connectivity index (χ3n) is 4.66. The van der Waals surface area contributed by atoms with Gasteiger partial charge >= 0.3 is 0 Å². The quantitative estimate of drug-likeness (QED) is 0.536. The van der Waals surface area contributed by atoms with Gasteiger partial charge in [-0.15, -0.1) is 0 Å². The first kappa shape index (κ1) is 20.8. The van der Waals surface area contributed by atoms with Crippen LogP contribution < -0.4 is 10.6 Å². The fourth-order valence-corrected chi connectivity index (χ4v) is 3.58. The van der Waals surface area contributed by atoms with Gasteiger partial charge in [0.05, 0.1) is 6.54 Å². The summed E-state index contributed by atoms with van der Waals surface area (Å²) < 4.78 is 0.952. The predicted octanol–water partition coefficient (Wildman–Crippen LogP) is 4.91. The van der Waals surface area contributed by atoms with Crippen LogP contribution >= 0.6 is 15.9 Å². The van der Waals surface area contributed by atoms with Gasteiger partial charge in [0.15, 0.2) is 0 Å². The fraction of sp³-hybridized carbons (Fsp3) is 0.167. The summed E-state index contributed by atoms with van der Waals surface area (Å²) in [4.78, 5) is 24.9. The van der Waals surface area contributed by atoms with E-state index in [0.717, 1.165) is 34.1 Å². The Labute approximate surface area is 179 Å². The zero-order chi connectivity index (χ0) is 20.6. The predicted molar refractivity (Wildman–Crippen MR) is 120 cm³/mol. The minimum Gasteiger partial charge on any atom is -0.343 e. The number of benzene rings is 3. The highest BCUT2D eigenvalue weighted by molar-refractivity contribution is 9.10. The molecule has 0 heterocycles. The molecule has 0 bridgehead atoms. The van der Waals surface area contributed by atoms with E-state index < -0.39 is 0 Å². The molecular formula is C24H23BrN2O2. The van der Waals surface area contributed by atoms with Crippen LogP contribution in [0.4, 0.5) is 5.69 Å². The van der Waals surface area contributed by atoms with Gasteiger partial charge in [0, 0.05) is 15.7 Å². The van der Waals surface area contributed by atoms with Crippen molar-refractivity contribution in [3.63, 3.8) is 0 Å². The molecule has 0 aliphatic carbocycles. The molecule has 0 unspecified atom stereocenters. The van der Waals surface area contributed by atoms with Crippen LogP contribution in [0.1, 0.15) is 27.0 Å². The van der Waals surface area contributed by atoms with Crippen molar-refractivity contribution in [2.45, 2.75) is 19.8 Å². The molecule has 2 amide bonds. The maximum absolute atomic E-state index is 12.6. The number of rotatable bonds is 7. The molecule has 0 aliphatic heterocycles. The van der Waals surface area contributed by atoms with Crippen molar-refractivity contribution >= 4 is 33.4 Å². The van der Waals surface area contributed by atoms with Gasteiger partial charge in [-0.05, 0) is 60.7 Å². The van der Waals surface area contributed by atoms with Crippen molar-refractivity contribution in [3.05, 3.63) is 99.5 Å². The molecule has 0 radical (unpaired) electrons. The average molecular weight is 451 g/mol. The lowest BCUT2D eigenvalue weighted by Crippen LogP contribution is -2.33. The van der Waals surface area contributed by atoms with Gasteiger partial charge in [0.1, 0.15) is 0 Å². The third kappa shape index (κ3) is 6.03. The Bertz CT molecular complexity index is 1000. The molecule has 0 saturated carbocycles. The monoisotopic (exact) mass is 450 g/mol. The summed E-state index contributed by atoms with van der Waals surface area (Å²) in [6.07, 6.45) is 1.62. The van der Waals surface area contributed by atoms with Crippen LogP contribution in [0.3, 0.4) is 0 Å². The van der Waals surface area contributed by atoms with E-state index in [2.05, 4.69) is 38.7 Å². The van der Waals surface area contributed by atoms with Gasteiger partial charge < -0.3 is 10.6 Å². The second kappa shape index (κ2) is 10.0. The molecule has 0 aliphatic rings. The Balaban J connectivity index is 1.58. The fourth-order valence-electron chi connectivity index (χ4n) is 3.10. The second-order valence-corrected chi connectivity index (χ2v) is 7.75. The first-order valence-electron chi connectivity index (χ1n) is 9.49. The molecule has 0 atom stereocenters. The number of anilines is 1. The Morgan fingerprint density at radius 2 is 1.62 bits per heavy atom. The zero-order valence-electron chi connectivity index (χ0n) is 16.2. The van der Waals surface area contributed by atoms with Crippen LogP contribution in [0.5, 0.6) is 0 Å². The molecule has 0 spiro atoms. The lowest BCUT2D eigenvalue weighted by Gasteiger charge is -2.12. The van der Waals surface area contributed by atoms with Gasteiger partial charge in [0.2, 0.25) is 5.91 Å². The highest BCUT2D eigenvalue weighted by Crippen LogP contribution is 2.20. The molecule has 3 rings (SSSR count). The minimum absolute atomic E-state index is 0.0820. The number of nitrogens with one attached hydrogen (secondary N) is 2. The van der Waals surface area contributed by atoms with Gasteiger partial charge in [-0.2, -0.15) is 0 Å².